The topological polar surface area (TPSA) is 26.3 Å². The summed E-state index contributed by atoms with van der Waals surface area (Å²) < 4.78 is 5.24. The Labute approximate surface area is 96.4 Å². The molecule has 0 radical (unpaired) electrons. The van der Waals surface area contributed by atoms with Gasteiger partial charge in [0.2, 0.25) is 0 Å². The van der Waals surface area contributed by atoms with Gasteiger partial charge in [0.15, 0.2) is 0 Å². The molecule has 78 valence electrons. The summed E-state index contributed by atoms with van der Waals surface area (Å²) in [5.74, 6) is -0.236. The number of halogens is 1. The van der Waals surface area contributed by atoms with Gasteiger partial charge in [-0.25, -0.2) is 0 Å². The smallest absolute Gasteiger partial charge is 0.325 e. The Morgan fingerprint density at radius 1 is 1.57 bits per heavy atom. The van der Waals surface area contributed by atoms with Crippen LogP contribution in [0.4, 0.5) is 0 Å². The van der Waals surface area contributed by atoms with Crippen molar-refractivity contribution in [3.63, 3.8) is 0 Å². The zero-order valence-electron chi connectivity index (χ0n) is 8.41. The van der Waals surface area contributed by atoms with Crippen molar-refractivity contribution in [3.8, 4) is 0 Å². The van der Waals surface area contributed by atoms with E-state index in [1.54, 1.807) is 0 Å². The maximum Gasteiger partial charge on any atom is 0.325 e. The second-order valence-corrected chi connectivity index (χ2v) is 5.81. The van der Waals surface area contributed by atoms with Crippen molar-refractivity contribution in [2.75, 3.05) is 0 Å². The second-order valence-electron chi connectivity index (χ2n) is 3.91. The van der Waals surface area contributed by atoms with E-state index in [0.717, 1.165) is 4.88 Å². The molecule has 0 fully saturated rings. The molecule has 0 N–H and O–H groups in total. The Bertz CT molecular complexity index is 300. The minimum absolute atomic E-state index is 0.236. The molecule has 1 atom stereocenters. The van der Waals surface area contributed by atoms with E-state index in [1.807, 2.05) is 38.3 Å². The van der Waals surface area contributed by atoms with E-state index in [4.69, 9.17) is 4.74 Å². The highest BCUT2D eigenvalue weighted by molar-refractivity contribution is 9.09. The van der Waals surface area contributed by atoms with E-state index in [9.17, 15) is 4.79 Å². The molecule has 0 amide bonds. The first kappa shape index (κ1) is 11.7. The highest BCUT2D eigenvalue weighted by atomic mass is 79.9. The van der Waals surface area contributed by atoms with E-state index in [0.29, 0.717) is 0 Å². The van der Waals surface area contributed by atoms with Crippen LogP contribution in [0.2, 0.25) is 0 Å². The lowest BCUT2D eigenvalue weighted by molar-refractivity contribution is -0.153. The molecule has 0 aliphatic heterocycles. The average molecular weight is 277 g/mol. The van der Waals surface area contributed by atoms with Gasteiger partial charge in [0.25, 0.3) is 0 Å². The molecule has 0 spiro atoms. The summed E-state index contributed by atoms with van der Waals surface area (Å²) in [7, 11) is 0. The molecule has 1 rings (SSSR count). The molecule has 1 heterocycles. The first-order chi connectivity index (χ1) is 6.40. The minimum atomic E-state index is -0.430. The zero-order chi connectivity index (χ0) is 10.8. The molecule has 1 aromatic heterocycles. The SMILES string of the molecule is CC(C)(C)OC(=O)C(Br)c1cccs1. The van der Waals surface area contributed by atoms with Crippen molar-refractivity contribution in [2.24, 2.45) is 0 Å². The number of carbonyl (C=O) groups is 1. The van der Waals surface area contributed by atoms with E-state index >= 15 is 0 Å². The van der Waals surface area contributed by atoms with Crippen LogP contribution < -0.4 is 0 Å². The summed E-state index contributed by atoms with van der Waals surface area (Å²) >= 11 is 4.86. The predicted molar refractivity (Wildman–Crippen MR) is 61.8 cm³/mol. The van der Waals surface area contributed by atoms with Crippen LogP contribution in [0.5, 0.6) is 0 Å². The fourth-order valence-corrected chi connectivity index (χ4v) is 2.16. The quantitative estimate of drug-likeness (QED) is 0.610. The molecule has 1 aromatic rings. The molecule has 0 aliphatic carbocycles. The number of hydrogen-bond acceptors (Lipinski definition) is 3. The van der Waals surface area contributed by atoms with Crippen molar-refractivity contribution in [1.29, 1.82) is 0 Å². The standard InChI is InChI=1S/C10H13BrO2S/c1-10(2,3)13-9(12)8(11)7-5-4-6-14-7/h4-6,8H,1-3H3. The minimum Gasteiger partial charge on any atom is -0.459 e. The number of thiophene rings is 1. The van der Waals surface area contributed by atoms with Crippen molar-refractivity contribution >= 4 is 33.2 Å². The van der Waals surface area contributed by atoms with Crippen LogP contribution in [0.15, 0.2) is 17.5 Å². The van der Waals surface area contributed by atoms with Gasteiger partial charge in [-0.05, 0) is 32.2 Å². The van der Waals surface area contributed by atoms with Gasteiger partial charge in [-0.2, -0.15) is 0 Å². The van der Waals surface area contributed by atoms with E-state index < -0.39 is 5.60 Å². The van der Waals surface area contributed by atoms with Crippen LogP contribution in [-0.2, 0) is 9.53 Å². The van der Waals surface area contributed by atoms with Gasteiger partial charge in [0.1, 0.15) is 10.4 Å². The van der Waals surface area contributed by atoms with Crippen molar-refractivity contribution in [2.45, 2.75) is 31.2 Å². The van der Waals surface area contributed by atoms with Gasteiger partial charge in [0, 0.05) is 4.88 Å². The Balaban J connectivity index is 2.63. The number of carbonyl (C=O) groups excluding carboxylic acids is 1. The molecule has 0 aromatic carbocycles. The van der Waals surface area contributed by atoms with Gasteiger partial charge in [-0.1, -0.05) is 22.0 Å². The highest BCUT2D eigenvalue weighted by Gasteiger charge is 2.24. The second kappa shape index (κ2) is 4.45. The maximum atomic E-state index is 11.6. The van der Waals surface area contributed by atoms with E-state index in [-0.39, 0.29) is 10.8 Å². The summed E-state index contributed by atoms with van der Waals surface area (Å²) in [5, 5.41) is 1.94. The average Bonchev–Trinajstić information content (AvgIpc) is 2.51. The monoisotopic (exact) mass is 276 g/mol. The van der Waals surface area contributed by atoms with Crippen molar-refractivity contribution in [1.82, 2.24) is 0 Å². The van der Waals surface area contributed by atoms with E-state index in [1.165, 1.54) is 11.3 Å². The largest absolute Gasteiger partial charge is 0.459 e. The number of rotatable bonds is 2. The van der Waals surface area contributed by atoms with Crippen LogP contribution in [-0.4, -0.2) is 11.6 Å². The fourth-order valence-electron chi connectivity index (χ4n) is 0.905. The lowest BCUT2D eigenvalue weighted by Gasteiger charge is -2.21. The van der Waals surface area contributed by atoms with Gasteiger partial charge in [0.05, 0.1) is 0 Å². The fraction of sp³-hybridized carbons (Fsp3) is 0.500. The molecule has 0 bridgehead atoms. The Kier molecular flexibility index (Phi) is 3.72. The van der Waals surface area contributed by atoms with E-state index in [2.05, 4.69) is 15.9 Å². The summed E-state index contributed by atoms with van der Waals surface area (Å²) in [6.07, 6.45) is 0. The molecular formula is C10H13BrO2S. The first-order valence-electron chi connectivity index (χ1n) is 4.30. The van der Waals surface area contributed by atoms with Gasteiger partial charge < -0.3 is 4.74 Å². The maximum absolute atomic E-state index is 11.6. The number of hydrogen-bond donors (Lipinski definition) is 0. The van der Waals surface area contributed by atoms with Crippen LogP contribution in [0.25, 0.3) is 0 Å². The van der Waals surface area contributed by atoms with Gasteiger partial charge in [-0.3, -0.25) is 4.79 Å². The molecule has 0 saturated heterocycles. The Morgan fingerprint density at radius 2 is 2.21 bits per heavy atom. The first-order valence-corrected chi connectivity index (χ1v) is 6.10. The summed E-state index contributed by atoms with van der Waals surface area (Å²) in [6, 6.07) is 3.83. The normalized spacial score (nSPS) is 13.7. The lowest BCUT2D eigenvalue weighted by Crippen LogP contribution is -2.25. The molecule has 0 aliphatic rings. The molecule has 4 heteroatoms. The third-order valence-electron chi connectivity index (χ3n) is 1.41. The lowest BCUT2D eigenvalue weighted by atomic mass is 10.2. The molecule has 2 nitrogen and oxygen atoms in total. The van der Waals surface area contributed by atoms with Crippen LogP contribution >= 0.6 is 27.3 Å². The summed E-state index contributed by atoms with van der Waals surface area (Å²) in [6.45, 7) is 5.58. The summed E-state index contributed by atoms with van der Waals surface area (Å²) in [4.78, 5) is 12.2. The third kappa shape index (κ3) is 3.42. The van der Waals surface area contributed by atoms with Crippen molar-refractivity contribution < 1.29 is 9.53 Å². The van der Waals surface area contributed by atoms with Gasteiger partial charge >= 0.3 is 5.97 Å². The van der Waals surface area contributed by atoms with Crippen LogP contribution in [0.1, 0.15) is 30.5 Å². The molecule has 0 saturated carbocycles. The number of esters is 1. The van der Waals surface area contributed by atoms with Crippen LogP contribution in [0, 0.1) is 0 Å². The Morgan fingerprint density at radius 3 is 2.64 bits per heavy atom. The van der Waals surface area contributed by atoms with Crippen LogP contribution in [0.3, 0.4) is 0 Å². The zero-order valence-corrected chi connectivity index (χ0v) is 10.8. The number of alkyl halides is 1. The predicted octanol–water partition coefficient (Wildman–Crippen LogP) is 3.53. The third-order valence-corrected chi connectivity index (χ3v) is 3.51. The van der Waals surface area contributed by atoms with Gasteiger partial charge in [-0.15, -0.1) is 11.3 Å². The highest BCUT2D eigenvalue weighted by Crippen LogP contribution is 2.29. The van der Waals surface area contributed by atoms with Crippen molar-refractivity contribution in [3.05, 3.63) is 22.4 Å². The molecule has 14 heavy (non-hydrogen) atoms. The Hall–Kier alpha value is -0.350. The molecular weight excluding hydrogens is 264 g/mol. The molecule has 1 unspecified atom stereocenters. The number of ether oxygens (including phenoxy) is 1. The summed E-state index contributed by atoms with van der Waals surface area (Å²) in [5.41, 5.74) is -0.430.